The number of aryl methyl sites for hydroxylation is 1. The molecule has 0 saturated carbocycles. The average Bonchev–Trinajstić information content (AvgIpc) is 2.61. The second-order valence-corrected chi connectivity index (χ2v) is 3.46. The molecule has 0 atom stereocenters. The number of hydrogen-bond donors (Lipinski definition) is 1. The van der Waals surface area contributed by atoms with Crippen LogP contribution in [0.3, 0.4) is 0 Å². The lowest BCUT2D eigenvalue weighted by Crippen LogP contribution is -1.93. The molecule has 0 saturated heterocycles. The first-order chi connectivity index (χ1) is 6.75. The maximum Gasteiger partial charge on any atom is 0.130 e. The van der Waals surface area contributed by atoms with Crippen LogP contribution < -0.4 is 0 Å². The van der Waals surface area contributed by atoms with Gasteiger partial charge >= 0.3 is 0 Å². The minimum absolute atomic E-state index is 0.231. The largest absolute Gasteiger partial charge is 0.345 e. The molecular weight excluding hydrogens is 176 g/mol. The van der Waals surface area contributed by atoms with Crippen molar-refractivity contribution in [2.45, 2.75) is 19.8 Å². The van der Waals surface area contributed by atoms with Crippen molar-refractivity contribution < 1.29 is 4.79 Å². The molecule has 0 unspecified atom stereocenters. The van der Waals surface area contributed by atoms with Crippen LogP contribution in [0.15, 0.2) is 24.5 Å². The third-order valence-corrected chi connectivity index (χ3v) is 2.25. The Kier molecular flexibility index (Phi) is 2.31. The maximum absolute atomic E-state index is 10.8. The zero-order valence-corrected chi connectivity index (χ0v) is 8.08. The predicted octanol–water partition coefficient (Wildman–Crippen LogP) is 2.08. The number of ketones is 1. The fourth-order valence-electron chi connectivity index (χ4n) is 1.46. The zero-order valence-electron chi connectivity index (χ0n) is 8.08. The van der Waals surface area contributed by atoms with Crippen molar-refractivity contribution in [3.05, 3.63) is 30.1 Å². The molecule has 1 aromatic heterocycles. The van der Waals surface area contributed by atoms with Gasteiger partial charge in [0.15, 0.2) is 0 Å². The Morgan fingerprint density at radius 2 is 2.36 bits per heavy atom. The monoisotopic (exact) mass is 188 g/mol. The van der Waals surface area contributed by atoms with Gasteiger partial charge in [-0.25, -0.2) is 4.98 Å². The number of fused-ring (bicyclic) bond motifs is 1. The lowest BCUT2D eigenvalue weighted by Gasteiger charge is -1.98. The van der Waals surface area contributed by atoms with Gasteiger partial charge in [-0.05, 0) is 31.0 Å². The molecule has 0 aliphatic heterocycles. The Morgan fingerprint density at radius 1 is 1.50 bits per heavy atom. The normalized spacial score (nSPS) is 10.6. The van der Waals surface area contributed by atoms with E-state index in [2.05, 4.69) is 9.97 Å². The molecule has 1 N–H and O–H groups in total. The number of benzene rings is 1. The first-order valence-electron chi connectivity index (χ1n) is 4.67. The van der Waals surface area contributed by atoms with Crippen LogP contribution in [0.25, 0.3) is 11.0 Å². The number of nitrogens with zero attached hydrogens (tertiary/aromatic N) is 1. The highest BCUT2D eigenvalue weighted by molar-refractivity contribution is 5.77. The van der Waals surface area contributed by atoms with E-state index >= 15 is 0 Å². The molecule has 2 aromatic rings. The number of imidazole rings is 1. The Morgan fingerprint density at radius 3 is 3.14 bits per heavy atom. The number of H-pyrrole nitrogens is 1. The molecule has 14 heavy (non-hydrogen) atoms. The molecule has 0 amide bonds. The standard InChI is InChI=1S/C11H12N2O/c1-8(14)2-3-9-4-5-10-11(6-9)13-7-12-10/h4-7H,2-3H2,1H3,(H,12,13). The van der Waals surface area contributed by atoms with E-state index in [0.29, 0.717) is 6.42 Å². The van der Waals surface area contributed by atoms with E-state index in [9.17, 15) is 4.79 Å². The van der Waals surface area contributed by atoms with Crippen LogP contribution in [0, 0.1) is 0 Å². The highest BCUT2D eigenvalue weighted by atomic mass is 16.1. The van der Waals surface area contributed by atoms with Crippen LogP contribution >= 0.6 is 0 Å². The molecule has 3 nitrogen and oxygen atoms in total. The van der Waals surface area contributed by atoms with Crippen molar-refractivity contribution in [2.75, 3.05) is 0 Å². The van der Waals surface area contributed by atoms with Gasteiger partial charge in [-0.15, -0.1) is 0 Å². The first-order valence-corrected chi connectivity index (χ1v) is 4.67. The van der Waals surface area contributed by atoms with Gasteiger partial charge in [0.25, 0.3) is 0 Å². The number of aromatic nitrogens is 2. The van der Waals surface area contributed by atoms with Crippen molar-refractivity contribution in [1.29, 1.82) is 0 Å². The van der Waals surface area contributed by atoms with Gasteiger partial charge in [-0.3, -0.25) is 0 Å². The van der Waals surface area contributed by atoms with Crippen molar-refractivity contribution in [1.82, 2.24) is 9.97 Å². The highest BCUT2D eigenvalue weighted by Crippen LogP contribution is 2.12. The molecular formula is C11H12N2O. The molecule has 72 valence electrons. The highest BCUT2D eigenvalue weighted by Gasteiger charge is 1.99. The molecule has 1 aromatic carbocycles. The third-order valence-electron chi connectivity index (χ3n) is 2.25. The van der Waals surface area contributed by atoms with E-state index in [1.54, 1.807) is 13.3 Å². The fourth-order valence-corrected chi connectivity index (χ4v) is 1.46. The summed E-state index contributed by atoms with van der Waals surface area (Å²) in [7, 11) is 0. The second-order valence-electron chi connectivity index (χ2n) is 3.46. The SMILES string of the molecule is CC(=O)CCc1ccc2nc[nH]c2c1. The lowest BCUT2D eigenvalue weighted by atomic mass is 10.1. The Balaban J connectivity index is 2.21. The van der Waals surface area contributed by atoms with Crippen molar-refractivity contribution in [3.63, 3.8) is 0 Å². The van der Waals surface area contributed by atoms with Crippen LogP contribution in [0.2, 0.25) is 0 Å². The Labute approximate surface area is 82.2 Å². The van der Waals surface area contributed by atoms with Gasteiger partial charge < -0.3 is 9.78 Å². The van der Waals surface area contributed by atoms with Crippen LogP contribution in [0.4, 0.5) is 0 Å². The summed E-state index contributed by atoms with van der Waals surface area (Å²) in [4.78, 5) is 18.0. The summed E-state index contributed by atoms with van der Waals surface area (Å²) in [5.41, 5.74) is 3.18. The smallest absolute Gasteiger partial charge is 0.130 e. The van der Waals surface area contributed by atoms with E-state index in [0.717, 1.165) is 17.5 Å². The molecule has 0 aliphatic rings. The fraction of sp³-hybridized carbons (Fsp3) is 0.273. The number of aromatic amines is 1. The molecule has 0 bridgehead atoms. The average molecular weight is 188 g/mol. The van der Waals surface area contributed by atoms with E-state index in [1.807, 2.05) is 18.2 Å². The van der Waals surface area contributed by atoms with E-state index in [1.165, 1.54) is 5.56 Å². The minimum Gasteiger partial charge on any atom is -0.345 e. The van der Waals surface area contributed by atoms with E-state index in [-0.39, 0.29) is 5.78 Å². The number of carbonyl (C=O) groups is 1. The van der Waals surface area contributed by atoms with Gasteiger partial charge in [0.05, 0.1) is 17.4 Å². The summed E-state index contributed by atoms with van der Waals surface area (Å²) in [5, 5.41) is 0. The topological polar surface area (TPSA) is 45.8 Å². The number of hydrogen-bond acceptors (Lipinski definition) is 2. The predicted molar refractivity (Wildman–Crippen MR) is 55.1 cm³/mol. The van der Waals surface area contributed by atoms with Crippen molar-refractivity contribution in [3.8, 4) is 0 Å². The summed E-state index contributed by atoms with van der Waals surface area (Å²) < 4.78 is 0. The maximum atomic E-state index is 10.8. The Bertz CT molecular complexity index is 459. The molecule has 0 fully saturated rings. The number of Topliss-reactive ketones (excluding diaryl/α,β-unsaturated/α-hetero) is 1. The van der Waals surface area contributed by atoms with Gasteiger partial charge in [0, 0.05) is 6.42 Å². The molecule has 1 heterocycles. The van der Waals surface area contributed by atoms with Crippen molar-refractivity contribution in [2.24, 2.45) is 0 Å². The summed E-state index contributed by atoms with van der Waals surface area (Å²) in [5.74, 6) is 0.231. The summed E-state index contributed by atoms with van der Waals surface area (Å²) in [6, 6.07) is 6.04. The van der Waals surface area contributed by atoms with Crippen molar-refractivity contribution >= 4 is 16.8 Å². The second kappa shape index (κ2) is 3.62. The summed E-state index contributed by atoms with van der Waals surface area (Å²) in [6.45, 7) is 1.62. The van der Waals surface area contributed by atoms with E-state index in [4.69, 9.17) is 0 Å². The number of carbonyl (C=O) groups excluding carboxylic acids is 1. The summed E-state index contributed by atoms with van der Waals surface area (Å²) >= 11 is 0. The zero-order chi connectivity index (χ0) is 9.97. The molecule has 2 rings (SSSR count). The molecule has 0 radical (unpaired) electrons. The molecule has 0 aliphatic carbocycles. The molecule has 0 spiro atoms. The van der Waals surface area contributed by atoms with Crippen LogP contribution in [0.1, 0.15) is 18.9 Å². The first kappa shape index (κ1) is 8.94. The van der Waals surface area contributed by atoms with Crippen LogP contribution in [-0.4, -0.2) is 15.8 Å². The Hall–Kier alpha value is -1.64. The van der Waals surface area contributed by atoms with Gasteiger partial charge in [-0.2, -0.15) is 0 Å². The van der Waals surface area contributed by atoms with Crippen LogP contribution in [0.5, 0.6) is 0 Å². The van der Waals surface area contributed by atoms with Gasteiger partial charge in [0.1, 0.15) is 5.78 Å². The van der Waals surface area contributed by atoms with Gasteiger partial charge in [-0.1, -0.05) is 6.07 Å². The quantitative estimate of drug-likeness (QED) is 0.801. The number of nitrogens with one attached hydrogen (secondary N) is 1. The van der Waals surface area contributed by atoms with E-state index < -0.39 is 0 Å². The minimum atomic E-state index is 0.231. The third kappa shape index (κ3) is 1.82. The molecule has 3 heteroatoms. The summed E-state index contributed by atoms with van der Waals surface area (Å²) in [6.07, 6.45) is 3.10. The number of rotatable bonds is 3. The lowest BCUT2D eigenvalue weighted by molar-refractivity contribution is -0.116. The van der Waals surface area contributed by atoms with Crippen LogP contribution in [-0.2, 0) is 11.2 Å². The van der Waals surface area contributed by atoms with Gasteiger partial charge in [0.2, 0.25) is 0 Å².